The molecule has 0 aliphatic rings. The van der Waals surface area contributed by atoms with E-state index in [1.54, 1.807) is 0 Å². The standard InChI is InChI=1S/C18H32N2/c1-6-8-14(9-7-2)17(20-19)15-10-12-16(13-11-15)18(3,4)5/h10-14,17,20H,6-9,19H2,1-5H3. The third kappa shape index (κ3) is 4.60. The highest BCUT2D eigenvalue weighted by molar-refractivity contribution is 5.29. The molecule has 1 rings (SSSR count). The van der Waals surface area contributed by atoms with Gasteiger partial charge in [-0.25, -0.2) is 0 Å². The monoisotopic (exact) mass is 276 g/mol. The molecule has 0 saturated carbocycles. The second-order valence-corrected chi connectivity index (χ2v) is 6.85. The fourth-order valence-corrected chi connectivity index (χ4v) is 2.91. The van der Waals surface area contributed by atoms with Gasteiger partial charge in [0.2, 0.25) is 0 Å². The minimum absolute atomic E-state index is 0.205. The van der Waals surface area contributed by atoms with E-state index in [-0.39, 0.29) is 11.5 Å². The Hall–Kier alpha value is -0.860. The van der Waals surface area contributed by atoms with Crippen LogP contribution < -0.4 is 11.3 Å². The van der Waals surface area contributed by atoms with E-state index in [9.17, 15) is 0 Å². The third-order valence-electron chi connectivity index (χ3n) is 4.11. The average Bonchev–Trinajstić information content (AvgIpc) is 2.39. The molecule has 1 aromatic carbocycles. The van der Waals surface area contributed by atoms with Crippen molar-refractivity contribution in [2.75, 3.05) is 0 Å². The minimum Gasteiger partial charge on any atom is -0.271 e. The minimum atomic E-state index is 0.205. The van der Waals surface area contributed by atoms with E-state index in [0.29, 0.717) is 5.92 Å². The smallest absolute Gasteiger partial charge is 0.0488 e. The van der Waals surface area contributed by atoms with Crippen LogP contribution in [0.25, 0.3) is 0 Å². The molecule has 0 radical (unpaired) electrons. The highest BCUT2D eigenvalue weighted by Gasteiger charge is 2.21. The maximum Gasteiger partial charge on any atom is 0.0488 e. The fraction of sp³-hybridized carbons (Fsp3) is 0.667. The lowest BCUT2D eigenvalue weighted by molar-refractivity contribution is 0.319. The van der Waals surface area contributed by atoms with Gasteiger partial charge in [-0.2, -0.15) is 0 Å². The zero-order valence-electron chi connectivity index (χ0n) is 13.9. The summed E-state index contributed by atoms with van der Waals surface area (Å²) in [5, 5.41) is 0. The first-order chi connectivity index (χ1) is 9.43. The number of hydrogen-bond donors (Lipinski definition) is 2. The summed E-state index contributed by atoms with van der Waals surface area (Å²) >= 11 is 0. The van der Waals surface area contributed by atoms with Gasteiger partial charge in [-0.05, 0) is 35.3 Å². The molecule has 0 heterocycles. The van der Waals surface area contributed by atoms with Crippen molar-refractivity contribution < 1.29 is 0 Å². The lowest BCUT2D eigenvalue weighted by Crippen LogP contribution is -2.33. The van der Waals surface area contributed by atoms with Crippen LogP contribution in [0.5, 0.6) is 0 Å². The largest absolute Gasteiger partial charge is 0.271 e. The Morgan fingerprint density at radius 1 is 1.00 bits per heavy atom. The van der Waals surface area contributed by atoms with Crippen LogP contribution in [0.4, 0.5) is 0 Å². The third-order valence-corrected chi connectivity index (χ3v) is 4.11. The van der Waals surface area contributed by atoms with Crippen molar-refractivity contribution in [1.29, 1.82) is 0 Å². The van der Waals surface area contributed by atoms with Gasteiger partial charge in [0.25, 0.3) is 0 Å². The number of nitrogens with one attached hydrogen (secondary N) is 1. The highest BCUT2D eigenvalue weighted by Crippen LogP contribution is 2.30. The van der Waals surface area contributed by atoms with Gasteiger partial charge in [0.05, 0.1) is 0 Å². The van der Waals surface area contributed by atoms with Gasteiger partial charge in [-0.15, -0.1) is 0 Å². The molecule has 20 heavy (non-hydrogen) atoms. The molecule has 114 valence electrons. The number of hydrogen-bond acceptors (Lipinski definition) is 2. The summed E-state index contributed by atoms with van der Waals surface area (Å²) in [6.45, 7) is 11.2. The van der Waals surface area contributed by atoms with Crippen molar-refractivity contribution >= 4 is 0 Å². The van der Waals surface area contributed by atoms with E-state index < -0.39 is 0 Å². The highest BCUT2D eigenvalue weighted by atomic mass is 15.2. The molecule has 1 unspecified atom stereocenters. The predicted octanol–water partition coefficient (Wildman–Crippen LogP) is 4.70. The van der Waals surface area contributed by atoms with E-state index in [4.69, 9.17) is 5.84 Å². The van der Waals surface area contributed by atoms with Crippen LogP contribution in [0.1, 0.15) is 77.5 Å². The van der Waals surface area contributed by atoms with Crippen LogP contribution in [-0.2, 0) is 5.41 Å². The van der Waals surface area contributed by atoms with Gasteiger partial charge in [0.1, 0.15) is 0 Å². The maximum atomic E-state index is 5.84. The number of nitrogens with two attached hydrogens (primary N) is 1. The molecule has 0 aromatic heterocycles. The second kappa shape index (κ2) is 7.80. The van der Waals surface area contributed by atoms with Crippen LogP contribution in [0.2, 0.25) is 0 Å². The summed E-state index contributed by atoms with van der Waals surface area (Å²) in [5.41, 5.74) is 5.94. The van der Waals surface area contributed by atoms with Crippen LogP contribution in [-0.4, -0.2) is 0 Å². The Labute approximate surface area is 125 Å². The van der Waals surface area contributed by atoms with Crippen molar-refractivity contribution in [3.8, 4) is 0 Å². The number of rotatable bonds is 7. The van der Waals surface area contributed by atoms with Crippen LogP contribution in [0.15, 0.2) is 24.3 Å². The van der Waals surface area contributed by atoms with Crippen LogP contribution >= 0.6 is 0 Å². The zero-order chi connectivity index (χ0) is 15.2. The fourth-order valence-electron chi connectivity index (χ4n) is 2.91. The first-order valence-corrected chi connectivity index (χ1v) is 8.00. The van der Waals surface area contributed by atoms with E-state index >= 15 is 0 Å². The van der Waals surface area contributed by atoms with Crippen molar-refractivity contribution in [2.45, 2.75) is 71.8 Å². The summed E-state index contributed by atoms with van der Waals surface area (Å²) < 4.78 is 0. The summed E-state index contributed by atoms with van der Waals surface area (Å²) in [5.74, 6) is 6.46. The second-order valence-electron chi connectivity index (χ2n) is 6.85. The molecule has 0 aliphatic heterocycles. The van der Waals surface area contributed by atoms with Gasteiger partial charge in [0, 0.05) is 6.04 Å². The zero-order valence-corrected chi connectivity index (χ0v) is 13.9. The number of hydrazine groups is 1. The molecule has 3 N–H and O–H groups in total. The van der Waals surface area contributed by atoms with Gasteiger partial charge in [-0.1, -0.05) is 71.7 Å². The molecule has 0 amide bonds. The van der Waals surface area contributed by atoms with E-state index in [0.717, 1.165) is 0 Å². The molecule has 0 bridgehead atoms. The van der Waals surface area contributed by atoms with Crippen molar-refractivity contribution in [1.82, 2.24) is 5.43 Å². The Balaban J connectivity index is 2.93. The summed E-state index contributed by atoms with van der Waals surface area (Å²) in [7, 11) is 0. The van der Waals surface area contributed by atoms with Crippen molar-refractivity contribution in [3.05, 3.63) is 35.4 Å². The average molecular weight is 276 g/mol. The predicted molar refractivity (Wildman–Crippen MR) is 88.5 cm³/mol. The Bertz CT molecular complexity index is 369. The molecule has 2 heteroatoms. The van der Waals surface area contributed by atoms with Gasteiger partial charge in [-0.3, -0.25) is 11.3 Å². The van der Waals surface area contributed by atoms with Gasteiger partial charge in [0.15, 0.2) is 0 Å². The Morgan fingerprint density at radius 2 is 1.50 bits per heavy atom. The van der Waals surface area contributed by atoms with Crippen LogP contribution in [0.3, 0.4) is 0 Å². The molecule has 1 atom stereocenters. The molecular weight excluding hydrogens is 244 g/mol. The van der Waals surface area contributed by atoms with Gasteiger partial charge < -0.3 is 0 Å². The molecule has 0 aliphatic carbocycles. The molecule has 2 nitrogen and oxygen atoms in total. The maximum absolute atomic E-state index is 5.84. The van der Waals surface area contributed by atoms with Crippen LogP contribution in [0, 0.1) is 5.92 Å². The Kier molecular flexibility index (Phi) is 6.70. The quantitative estimate of drug-likeness (QED) is 0.559. The molecule has 0 fully saturated rings. The molecule has 1 aromatic rings. The lowest BCUT2D eigenvalue weighted by atomic mass is 9.83. The first kappa shape index (κ1) is 17.2. The number of benzene rings is 1. The Morgan fingerprint density at radius 3 is 1.85 bits per heavy atom. The lowest BCUT2D eigenvalue weighted by Gasteiger charge is -2.27. The van der Waals surface area contributed by atoms with E-state index in [2.05, 4.69) is 64.3 Å². The normalized spacial score (nSPS) is 13.8. The van der Waals surface area contributed by atoms with E-state index in [1.807, 2.05) is 0 Å². The molecule has 0 saturated heterocycles. The van der Waals surface area contributed by atoms with Crippen molar-refractivity contribution in [3.63, 3.8) is 0 Å². The first-order valence-electron chi connectivity index (χ1n) is 8.00. The summed E-state index contributed by atoms with van der Waals surface area (Å²) in [4.78, 5) is 0. The van der Waals surface area contributed by atoms with Crippen molar-refractivity contribution in [2.24, 2.45) is 11.8 Å². The van der Waals surface area contributed by atoms with Gasteiger partial charge >= 0.3 is 0 Å². The summed E-state index contributed by atoms with van der Waals surface area (Å²) in [6.07, 6.45) is 4.87. The molecular formula is C18H32N2. The summed E-state index contributed by atoms with van der Waals surface area (Å²) in [6, 6.07) is 9.24. The van der Waals surface area contributed by atoms with E-state index in [1.165, 1.54) is 36.8 Å². The SMILES string of the molecule is CCCC(CCC)C(NN)c1ccc(C(C)(C)C)cc1. The molecule has 0 spiro atoms. The topological polar surface area (TPSA) is 38.0 Å².